The van der Waals surface area contributed by atoms with E-state index in [9.17, 15) is 19.2 Å². The second kappa shape index (κ2) is 10.2. The van der Waals surface area contributed by atoms with E-state index in [1.807, 2.05) is 62.3 Å². The highest BCUT2D eigenvalue weighted by molar-refractivity contribution is 9.10. The summed E-state index contributed by atoms with van der Waals surface area (Å²) in [6, 6.07) is 9.15. The summed E-state index contributed by atoms with van der Waals surface area (Å²) in [4.78, 5) is 66.8. The van der Waals surface area contributed by atoms with Gasteiger partial charge in [0.2, 0.25) is 0 Å². The Morgan fingerprint density at radius 1 is 0.659 bits per heavy atom. The molecule has 0 fully saturated rings. The van der Waals surface area contributed by atoms with E-state index in [-0.39, 0.29) is 29.2 Å². The minimum Gasteiger partial charge on any atom is -0.351 e. The zero-order chi connectivity index (χ0) is 29.2. The van der Waals surface area contributed by atoms with Crippen LogP contribution in [0.2, 0.25) is 0 Å². The Hall–Kier alpha value is -3.80. The molecule has 3 heterocycles. The van der Waals surface area contributed by atoms with Crippen LogP contribution in [0.1, 0.15) is 12.8 Å². The van der Waals surface area contributed by atoms with Gasteiger partial charge in [-0.25, -0.2) is 0 Å². The summed E-state index contributed by atoms with van der Waals surface area (Å²) in [5.41, 5.74) is 0.585. The molecule has 0 aliphatic carbocycles. The highest BCUT2D eigenvalue weighted by Crippen LogP contribution is 2.38. The summed E-state index contributed by atoms with van der Waals surface area (Å²) in [6.45, 7) is 1.90. The first kappa shape index (κ1) is 27.4. The predicted octanol–water partition coefficient (Wildman–Crippen LogP) is 3.26. The molecule has 0 aliphatic heterocycles. The first-order valence-corrected chi connectivity index (χ1v) is 14.4. The zero-order valence-electron chi connectivity index (χ0n) is 23.4. The van der Waals surface area contributed by atoms with Crippen molar-refractivity contribution in [3.63, 3.8) is 0 Å². The number of aromatic amines is 2. The van der Waals surface area contributed by atoms with Gasteiger partial charge in [0.25, 0.3) is 22.2 Å². The minimum absolute atomic E-state index is 0.239. The predicted molar refractivity (Wildman–Crippen MR) is 169 cm³/mol. The van der Waals surface area contributed by atoms with Gasteiger partial charge >= 0.3 is 0 Å². The van der Waals surface area contributed by atoms with Crippen molar-refractivity contribution >= 4 is 70.3 Å². The lowest BCUT2D eigenvalue weighted by atomic mass is 9.94. The third-order valence-corrected chi connectivity index (χ3v) is 8.43. The van der Waals surface area contributed by atoms with Crippen molar-refractivity contribution in [3.8, 4) is 0 Å². The normalized spacial score (nSPS) is 12.5. The second-order valence-electron chi connectivity index (χ2n) is 11.2. The molecule has 10 nitrogen and oxygen atoms in total. The van der Waals surface area contributed by atoms with E-state index >= 15 is 0 Å². The number of hydrogen-bond acceptors (Lipinski definition) is 6. The number of halogens is 1. The number of hydrogen-bond donors (Lipinski definition) is 2. The highest BCUT2D eigenvalue weighted by Gasteiger charge is 2.27. The number of H-pyrrole nitrogens is 2. The molecule has 0 saturated carbocycles. The lowest BCUT2D eigenvalue weighted by Crippen LogP contribution is -2.37. The summed E-state index contributed by atoms with van der Waals surface area (Å²) in [5.74, 6) is 0. The van der Waals surface area contributed by atoms with Gasteiger partial charge in [-0.05, 0) is 88.3 Å². The molecular formula is C30H31BrN6O4. The van der Waals surface area contributed by atoms with Crippen molar-refractivity contribution in [1.29, 1.82) is 0 Å². The summed E-state index contributed by atoms with van der Waals surface area (Å²) < 4.78 is 2.97. The molecule has 6 rings (SSSR count). The molecule has 212 valence electrons. The maximum Gasteiger partial charge on any atom is 0.263 e. The largest absolute Gasteiger partial charge is 0.351 e. The number of nitrogens with one attached hydrogen (secondary N) is 2. The van der Waals surface area contributed by atoms with Crippen LogP contribution in [0.4, 0.5) is 0 Å². The van der Waals surface area contributed by atoms with E-state index in [1.54, 1.807) is 6.07 Å². The van der Waals surface area contributed by atoms with Crippen molar-refractivity contribution in [2.45, 2.75) is 25.9 Å². The lowest BCUT2D eigenvalue weighted by molar-refractivity contribution is 0.384. The summed E-state index contributed by atoms with van der Waals surface area (Å²) >= 11 is 3.56. The molecule has 0 aliphatic rings. The first-order chi connectivity index (χ1) is 19.6. The second-order valence-corrected chi connectivity index (χ2v) is 12.0. The quantitative estimate of drug-likeness (QED) is 0.200. The summed E-state index contributed by atoms with van der Waals surface area (Å²) in [7, 11) is 7.76. The highest BCUT2D eigenvalue weighted by atomic mass is 79.9. The molecular weight excluding hydrogens is 588 g/mol. The lowest BCUT2D eigenvalue weighted by Gasteiger charge is -2.19. The Morgan fingerprint density at radius 2 is 1.12 bits per heavy atom. The fourth-order valence-electron chi connectivity index (χ4n) is 5.92. The van der Waals surface area contributed by atoms with E-state index in [4.69, 9.17) is 0 Å². The zero-order valence-corrected chi connectivity index (χ0v) is 25.0. The van der Waals surface area contributed by atoms with Crippen molar-refractivity contribution < 1.29 is 0 Å². The average molecular weight is 620 g/mol. The van der Waals surface area contributed by atoms with Crippen molar-refractivity contribution in [3.05, 3.63) is 76.2 Å². The molecule has 0 spiro atoms. The van der Waals surface area contributed by atoms with Crippen LogP contribution in [0.3, 0.4) is 0 Å². The molecule has 6 aromatic rings. The molecule has 3 aromatic carbocycles. The minimum atomic E-state index is -0.449. The van der Waals surface area contributed by atoms with Gasteiger partial charge < -0.3 is 19.8 Å². The number of fused-ring (bicyclic) bond motifs is 4. The Labute approximate surface area is 242 Å². The van der Waals surface area contributed by atoms with E-state index < -0.39 is 22.2 Å². The van der Waals surface area contributed by atoms with Crippen LogP contribution in [0.5, 0.6) is 0 Å². The van der Waals surface area contributed by atoms with Gasteiger partial charge in [-0.1, -0.05) is 12.1 Å². The standard InChI is InChI=1S/C30H31BrN6O4/c1-34(2)11-7-13-36-27(38)16-15-17(31)21-22-20(16)23(29(36)40)25-26(33-19-10-6-5-9-18(19)32-25)24(22)30(41)37(28(21)39)14-8-12-35(3)4/h5-6,9-10,15,32-33H,7-8,11-14H2,1-4H3. The molecule has 2 N–H and O–H groups in total. The van der Waals surface area contributed by atoms with Crippen LogP contribution >= 0.6 is 15.9 Å². The molecule has 41 heavy (non-hydrogen) atoms. The Balaban J connectivity index is 1.84. The number of para-hydroxylation sites is 2. The van der Waals surface area contributed by atoms with E-state index in [2.05, 4.69) is 25.9 Å². The van der Waals surface area contributed by atoms with Crippen LogP contribution in [-0.4, -0.2) is 70.2 Å². The average Bonchev–Trinajstić information content (AvgIpc) is 2.92. The molecule has 0 saturated heterocycles. The number of aromatic nitrogens is 4. The monoisotopic (exact) mass is 618 g/mol. The first-order valence-electron chi connectivity index (χ1n) is 13.6. The SMILES string of the molecule is CN(C)CCCn1c(=O)c2cc(Br)c3c(=O)n(CCCN(C)C)c(=O)c4c5[nH]c6ccccc6[nH]c5c(c1=O)c2c34. The molecule has 0 atom stereocenters. The molecule has 3 aromatic heterocycles. The number of benzene rings is 3. The van der Waals surface area contributed by atoms with Gasteiger partial charge in [-0.3, -0.25) is 28.3 Å². The smallest absolute Gasteiger partial charge is 0.263 e. The van der Waals surface area contributed by atoms with Crippen molar-refractivity contribution in [1.82, 2.24) is 28.9 Å². The van der Waals surface area contributed by atoms with Gasteiger partial charge in [-0.15, -0.1) is 0 Å². The van der Waals surface area contributed by atoms with Gasteiger partial charge in [0.05, 0.1) is 38.2 Å². The summed E-state index contributed by atoms with van der Waals surface area (Å²) in [6.07, 6.45) is 1.21. The van der Waals surface area contributed by atoms with Crippen LogP contribution in [0, 0.1) is 0 Å². The van der Waals surface area contributed by atoms with Gasteiger partial charge in [0, 0.05) is 33.7 Å². The number of rotatable bonds is 8. The van der Waals surface area contributed by atoms with E-state index in [1.165, 1.54) is 9.13 Å². The van der Waals surface area contributed by atoms with Crippen LogP contribution in [0.15, 0.2) is 54.0 Å². The third kappa shape index (κ3) is 4.30. The fraction of sp³-hybridized carbons (Fsp3) is 0.333. The molecule has 0 unspecified atom stereocenters. The van der Waals surface area contributed by atoms with Crippen LogP contribution < -0.4 is 22.2 Å². The molecule has 0 bridgehead atoms. The van der Waals surface area contributed by atoms with Gasteiger partial charge in [0.15, 0.2) is 0 Å². The summed E-state index contributed by atoms with van der Waals surface area (Å²) in [5, 5.41) is 1.83. The molecule has 0 radical (unpaired) electrons. The third-order valence-electron chi connectivity index (χ3n) is 7.80. The Morgan fingerprint density at radius 3 is 1.63 bits per heavy atom. The van der Waals surface area contributed by atoms with E-state index in [0.717, 1.165) is 11.0 Å². The number of nitrogens with zero attached hydrogens (tertiary/aromatic N) is 4. The maximum atomic E-state index is 14.2. The molecule has 0 amide bonds. The van der Waals surface area contributed by atoms with Crippen LogP contribution in [0.25, 0.3) is 54.4 Å². The topological polar surface area (TPSA) is 116 Å². The van der Waals surface area contributed by atoms with E-state index in [0.29, 0.717) is 57.6 Å². The molecule has 11 heteroatoms. The Kier molecular flexibility index (Phi) is 6.83. The van der Waals surface area contributed by atoms with Crippen molar-refractivity contribution in [2.75, 3.05) is 41.3 Å². The van der Waals surface area contributed by atoms with Crippen LogP contribution in [-0.2, 0) is 13.1 Å². The fourth-order valence-corrected chi connectivity index (χ4v) is 6.51. The maximum absolute atomic E-state index is 14.2. The Bertz CT molecular complexity index is 2220. The number of pyridine rings is 2. The van der Waals surface area contributed by atoms with Gasteiger partial charge in [0.1, 0.15) is 0 Å². The van der Waals surface area contributed by atoms with Crippen molar-refractivity contribution in [2.24, 2.45) is 0 Å². The van der Waals surface area contributed by atoms with Gasteiger partial charge in [-0.2, -0.15) is 0 Å².